The summed E-state index contributed by atoms with van der Waals surface area (Å²) in [6, 6.07) is 4.14. The number of pyridine rings is 1. The molecule has 0 radical (unpaired) electrons. The summed E-state index contributed by atoms with van der Waals surface area (Å²) in [4.78, 5) is 18.9. The standard InChI is InChI=1S/C17H26N4O.ClH/c1-13-6-9-21(10-7-13)16-5-4-14(11-19-16)12-20-17(22)15-3-2-8-18-15;/h4-5,11,13,15,18H,2-3,6-10,12H2,1H3,(H,20,22);1H/t15-;/m0./s1. The first-order valence-electron chi connectivity index (χ1n) is 8.43. The normalized spacial score (nSPS) is 21.8. The Morgan fingerprint density at radius 2 is 2.13 bits per heavy atom. The summed E-state index contributed by atoms with van der Waals surface area (Å²) in [6.45, 7) is 6.01. The van der Waals surface area contributed by atoms with E-state index in [4.69, 9.17) is 0 Å². The van der Waals surface area contributed by atoms with Crippen molar-refractivity contribution in [3.05, 3.63) is 23.9 Å². The van der Waals surface area contributed by atoms with Crippen LogP contribution < -0.4 is 15.5 Å². The fourth-order valence-electron chi connectivity index (χ4n) is 3.17. The molecule has 0 aliphatic carbocycles. The maximum atomic E-state index is 12.0. The van der Waals surface area contributed by atoms with Crippen molar-refractivity contribution >= 4 is 24.1 Å². The molecular weight excluding hydrogens is 312 g/mol. The average Bonchev–Trinajstić information content (AvgIpc) is 3.08. The second-order valence-electron chi connectivity index (χ2n) is 6.56. The molecule has 0 aromatic carbocycles. The summed E-state index contributed by atoms with van der Waals surface area (Å²) < 4.78 is 0. The predicted octanol–water partition coefficient (Wildman–Crippen LogP) is 2.11. The second kappa shape index (κ2) is 8.50. The molecule has 1 amide bonds. The van der Waals surface area contributed by atoms with Crippen molar-refractivity contribution in [1.29, 1.82) is 0 Å². The van der Waals surface area contributed by atoms with Gasteiger partial charge in [0.25, 0.3) is 0 Å². The van der Waals surface area contributed by atoms with Gasteiger partial charge in [-0.15, -0.1) is 12.4 Å². The van der Waals surface area contributed by atoms with Gasteiger partial charge in [-0.05, 0) is 49.8 Å². The molecule has 23 heavy (non-hydrogen) atoms. The van der Waals surface area contributed by atoms with Gasteiger partial charge in [-0.25, -0.2) is 4.98 Å². The molecule has 2 aliphatic rings. The molecule has 0 unspecified atom stereocenters. The van der Waals surface area contributed by atoms with Crippen LogP contribution in [0.5, 0.6) is 0 Å². The Morgan fingerprint density at radius 3 is 2.74 bits per heavy atom. The largest absolute Gasteiger partial charge is 0.357 e. The smallest absolute Gasteiger partial charge is 0.237 e. The Balaban J connectivity index is 0.00000192. The summed E-state index contributed by atoms with van der Waals surface area (Å²) in [5.74, 6) is 1.99. The molecule has 0 spiro atoms. The van der Waals surface area contributed by atoms with Crippen LogP contribution in [0.4, 0.5) is 5.82 Å². The number of nitrogens with one attached hydrogen (secondary N) is 2. The summed E-state index contributed by atoms with van der Waals surface area (Å²) >= 11 is 0. The molecule has 2 N–H and O–H groups in total. The highest BCUT2D eigenvalue weighted by Crippen LogP contribution is 2.21. The van der Waals surface area contributed by atoms with Gasteiger partial charge in [0.2, 0.25) is 5.91 Å². The highest BCUT2D eigenvalue weighted by Gasteiger charge is 2.21. The minimum atomic E-state index is -0.0115. The van der Waals surface area contributed by atoms with E-state index in [0.717, 1.165) is 49.8 Å². The minimum absolute atomic E-state index is 0. The monoisotopic (exact) mass is 338 g/mol. The van der Waals surface area contributed by atoms with Crippen LogP contribution in [-0.2, 0) is 11.3 Å². The SMILES string of the molecule is CC1CCN(c2ccc(CNC(=O)[C@@H]3CCCN3)cn2)CC1.Cl. The van der Waals surface area contributed by atoms with Crippen LogP contribution in [0.25, 0.3) is 0 Å². The number of hydrogen-bond acceptors (Lipinski definition) is 4. The summed E-state index contributed by atoms with van der Waals surface area (Å²) in [7, 11) is 0. The molecule has 1 aromatic rings. The topological polar surface area (TPSA) is 57.3 Å². The first-order chi connectivity index (χ1) is 10.7. The van der Waals surface area contributed by atoms with Crippen LogP contribution in [-0.4, -0.2) is 36.6 Å². The van der Waals surface area contributed by atoms with Gasteiger partial charge in [0.15, 0.2) is 0 Å². The molecule has 3 rings (SSSR count). The van der Waals surface area contributed by atoms with E-state index in [9.17, 15) is 4.79 Å². The molecule has 1 atom stereocenters. The third-order valence-corrected chi connectivity index (χ3v) is 4.76. The van der Waals surface area contributed by atoms with Crippen LogP contribution in [0.3, 0.4) is 0 Å². The quantitative estimate of drug-likeness (QED) is 0.882. The number of rotatable bonds is 4. The molecule has 0 bridgehead atoms. The maximum Gasteiger partial charge on any atom is 0.237 e. The summed E-state index contributed by atoms with van der Waals surface area (Å²) in [5.41, 5.74) is 1.06. The van der Waals surface area contributed by atoms with E-state index in [1.807, 2.05) is 6.20 Å². The molecule has 3 heterocycles. The number of hydrogen-bond donors (Lipinski definition) is 2. The van der Waals surface area contributed by atoms with Crippen molar-refractivity contribution in [2.45, 2.75) is 45.2 Å². The van der Waals surface area contributed by atoms with Crippen molar-refractivity contribution in [3.8, 4) is 0 Å². The van der Waals surface area contributed by atoms with Crippen LogP contribution in [0, 0.1) is 5.92 Å². The Hall–Kier alpha value is -1.33. The van der Waals surface area contributed by atoms with Crippen LogP contribution >= 0.6 is 12.4 Å². The van der Waals surface area contributed by atoms with Crippen molar-refractivity contribution in [2.75, 3.05) is 24.5 Å². The van der Waals surface area contributed by atoms with Crippen LogP contribution in [0.1, 0.15) is 38.2 Å². The molecule has 2 fully saturated rings. The van der Waals surface area contributed by atoms with Crippen molar-refractivity contribution < 1.29 is 4.79 Å². The molecule has 1 aromatic heterocycles. The molecule has 5 nitrogen and oxygen atoms in total. The highest BCUT2D eigenvalue weighted by atomic mass is 35.5. The Morgan fingerprint density at radius 1 is 1.35 bits per heavy atom. The van der Waals surface area contributed by atoms with Crippen LogP contribution in [0.2, 0.25) is 0 Å². The average molecular weight is 339 g/mol. The maximum absolute atomic E-state index is 12.0. The third-order valence-electron chi connectivity index (χ3n) is 4.76. The zero-order chi connectivity index (χ0) is 15.4. The zero-order valence-corrected chi connectivity index (χ0v) is 14.6. The highest BCUT2D eigenvalue weighted by molar-refractivity contribution is 5.85. The number of carbonyl (C=O) groups is 1. The summed E-state index contributed by atoms with van der Waals surface area (Å²) in [6.07, 6.45) is 6.40. The number of anilines is 1. The fourth-order valence-corrected chi connectivity index (χ4v) is 3.17. The summed E-state index contributed by atoms with van der Waals surface area (Å²) in [5, 5.41) is 6.20. The molecule has 2 aliphatic heterocycles. The first-order valence-corrected chi connectivity index (χ1v) is 8.43. The van der Waals surface area contributed by atoms with Gasteiger partial charge >= 0.3 is 0 Å². The number of nitrogens with zero attached hydrogens (tertiary/aromatic N) is 2. The number of aromatic nitrogens is 1. The predicted molar refractivity (Wildman–Crippen MR) is 95.0 cm³/mol. The van der Waals surface area contributed by atoms with Crippen molar-refractivity contribution in [2.24, 2.45) is 5.92 Å². The van der Waals surface area contributed by atoms with Crippen molar-refractivity contribution in [3.63, 3.8) is 0 Å². The molecule has 0 saturated carbocycles. The van der Waals surface area contributed by atoms with Gasteiger partial charge in [-0.3, -0.25) is 4.79 Å². The van der Waals surface area contributed by atoms with Gasteiger partial charge in [0.1, 0.15) is 5.82 Å². The lowest BCUT2D eigenvalue weighted by Crippen LogP contribution is -2.40. The zero-order valence-electron chi connectivity index (χ0n) is 13.8. The van der Waals surface area contributed by atoms with E-state index < -0.39 is 0 Å². The molecule has 2 saturated heterocycles. The van der Waals surface area contributed by atoms with E-state index in [2.05, 4.69) is 39.6 Å². The van der Waals surface area contributed by atoms with Gasteiger partial charge in [-0.1, -0.05) is 13.0 Å². The number of piperidine rings is 1. The van der Waals surface area contributed by atoms with E-state index in [1.165, 1.54) is 12.8 Å². The Bertz CT molecular complexity index is 494. The van der Waals surface area contributed by atoms with Gasteiger partial charge in [0.05, 0.1) is 6.04 Å². The van der Waals surface area contributed by atoms with E-state index in [-0.39, 0.29) is 24.4 Å². The fraction of sp³-hybridized carbons (Fsp3) is 0.647. The second-order valence-corrected chi connectivity index (χ2v) is 6.56. The molecule has 6 heteroatoms. The first kappa shape index (κ1) is 18.0. The number of carbonyl (C=O) groups excluding carboxylic acids is 1. The van der Waals surface area contributed by atoms with E-state index >= 15 is 0 Å². The van der Waals surface area contributed by atoms with Gasteiger partial charge in [-0.2, -0.15) is 0 Å². The van der Waals surface area contributed by atoms with E-state index in [0.29, 0.717) is 6.54 Å². The lowest BCUT2D eigenvalue weighted by molar-refractivity contribution is -0.122. The van der Waals surface area contributed by atoms with E-state index in [1.54, 1.807) is 0 Å². The Labute approximate surface area is 144 Å². The van der Waals surface area contributed by atoms with Gasteiger partial charge in [0, 0.05) is 25.8 Å². The Kier molecular flexibility index (Phi) is 6.66. The number of halogens is 1. The third kappa shape index (κ3) is 4.82. The molecular formula is C17H27ClN4O. The number of amides is 1. The van der Waals surface area contributed by atoms with Crippen LogP contribution in [0.15, 0.2) is 18.3 Å². The lowest BCUT2D eigenvalue weighted by Gasteiger charge is -2.31. The minimum Gasteiger partial charge on any atom is -0.357 e. The lowest BCUT2D eigenvalue weighted by atomic mass is 9.99. The van der Waals surface area contributed by atoms with Gasteiger partial charge < -0.3 is 15.5 Å². The molecule has 128 valence electrons. The van der Waals surface area contributed by atoms with Crippen molar-refractivity contribution in [1.82, 2.24) is 15.6 Å².